The van der Waals surface area contributed by atoms with E-state index in [1.165, 1.54) is 0 Å². The van der Waals surface area contributed by atoms with Gasteiger partial charge in [-0.1, -0.05) is 6.92 Å². The highest BCUT2D eigenvalue weighted by Gasteiger charge is 2.21. The first kappa shape index (κ1) is 15.5. The van der Waals surface area contributed by atoms with E-state index < -0.39 is 0 Å². The molecule has 1 aliphatic heterocycles. The van der Waals surface area contributed by atoms with Crippen molar-refractivity contribution >= 4 is 11.3 Å². The van der Waals surface area contributed by atoms with Crippen LogP contribution < -0.4 is 5.32 Å². The lowest BCUT2D eigenvalue weighted by Gasteiger charge is -2.23. The summed E-state index contributed by atoms with van der Waals surface area (Å²) in [6.45, 7) is 5.66. The molecular weight excluding hydrogens is 322 g/mol. The van der Waals surface area contributed by atoms with Gasteiger partial charge in [0, 0.05) is 36.4 Å². The minimum Gasteiger partial charge on any atom is -0.441 e. The van der Waals surface area contributed by atoms with Gasteiger partial charge in [0.1, 0.15) is 11.6 Å². The maximum absolute atomic E-state index is 5.80. The number of aryl methyl sites for hydroxylation is 3. The summed E-state index contributed by atoms with van der Waals surface area (Å²) in [5.41, 5.74) is 2.03. The van der Waals surface area contributed by atoms with Gasteiger partial charge in [-0.15, -0.1) is 0 Å². The monoisotopic (exact) mass is 343 g/mol. The van der Waals surface area contributed by atoms with Crippen LogP contribution in [0.5, 0.6) is 0 Å². The van der Waals surface area contributed by atoms with Gasteiger partial charge in [-0.3, -0.25) is 0 Å². The zero-order valence-corrected chi connectivity index (χ0v) is 14.8. The number of thiophene rings is 1. The Morgan fingerprint density at radius 1 is 1.42 bits per heavy atom. The topological polar surface area (TPSA) is 68.8 Å². The van der Waals surface area contributed by atoms with Crippen molar-refractivity contribution < 1.29 is 4.42 Å². The Morgan fingerprint density at radius 3 is 3.12 bits per heavy atom. The molecule has 0 spiro atoms. The summed E-state index contributed by atoms with van der Waals surface area (Å²) in [6.07, 6.45) is 2.94. The van der Waals surface area contributed by atoms with Crippen LogP contribution in [0.2, 0.25) is 0 Å². The molecular formula is C17H21N5OS. The normalized spacial score (nSPS) is 17.2. The minimum atomic E-state index is 0.393. The van der Waals surface area contributed by atoms with Gasteiger partial charge in [-0.25, -0.2) is 14.6 Å². The van der Waals surface area contributed by atoms with Crippen LogP contribution in [0.25, 0.3) is 11.5 Å². The van der Waals surface area contributed by atoms with Crippen LogP contribution in [-0.4, -0.2) is 25.8 Å². The molecule has 6 nitrogen and oxygen atoms in total. The molecule has 3 aromatic rings. The lowest BCUT2D eigenvalue weighted by atomic mass is 10.1. The Kier molecular flexibility index (Phi) is 4.20. The van der Waals surface area contributed by atoms with Crippen LogP contribution in [0.3, 0.4) is 0 Å². The van der Waals surface area contributed by atoms with Crippen molar-refractivity contribution in [3.63, 3.8) is 0 Å². The minimum absolute atomic E-state index is 0.393. The Labute approximate surface area is 144 Å². The number of oxazole rings is 1. The van der Waals surface area contributed by atoms with Gasteiger partial charge < -0.3 is 9.73 Å². The van der Waals surface area contributed by atoms with Crippen LogP contribution in [0.1, 0.15) is 36.4 Å². The van der Waals surface area contributed by atoms with Gasteiger partial charge in [0.25, 0.3) is 0 Å². The summed E-state index contributed by atoms with van der Waals surface area (Å²) in [5.74, 6) is 3.65. The van der Waals surface area contributed by atoms with Gasteiger partial charge in [0.15, 0.2) is 5.82 Å². The molecule has 1 aliphatic rings. The Morgan fingerprint density at radius 2 is 2.33 bits per heavy atom. The number of rotatable bonds is 5. The van der Waals surface area contributed by atoms with Gasteiger partial charge >= 0.3 is 0 Å². The average Bonchev–Trinajstić information content (AvgIpc) is 3.31. The summed E-state index contributed by atoms with van der Waals surface area (Å²) < 4.78 is 7.85. The van der Waals surface area contributed by atoms with Crippen molar-refractivity contribution in [3.8, 4) is 11.5 Å². The summed E-state index contributed by atoms with van der Waals surface area (Å²) in [4.78, 5) is 9.21. The second-order valence-corrected chi connectivity index (χ2v) is 6.91. The van der Waals surface area contributed by atoms with E-state index in [0.29, 0.717) is 11.9 Å². The fourth-order valence-corrected chi connectivity index (χ4v) is 3.65. The van der Waals surface area contributed by atoms with E-state index in [0.717, 1.165) is 61.0 Å². The van der Waals surface area contributed by atoms with Crippen LogP contribution in [0.4, 0.5) is 0 Å². The fraction of sp³-hybridized carbons (Fsp3) is 0.471. The van der Waals surface area contributed by atoms with Crippen LogP contribution >= 0.6 is 11.3 Å². The molecule has 4 rings (SSSR count). The predicted octanol–water partition coefficient (Wildman–Crippen LogP) is 2.97. The van der Waals surface area contributed by atoms with Gasteiger partial charge in [0.05, 0.1) is 12.2 Å². The number of nitrogens with zero attached hydrogens (tertiary/aromatic N) is 4. The Balaban J connectivity index is 1.41. The summed E-state index contributed by atoms with van der Waals surface area (Å²) in [6, 6.07) is 2.43. The summed E-state index contributed by atoms with van der Waals surface area (Å²) in [5, 5.41) is 12.3. The standard InChI is InChI=1S/C17H21N5OS/c1-3-15-20-16-5-4-13(9-22(16)21-15)18-8-14-11(2)23-17(19-14)12-6-7-24-10-12/h6-7,10,13,18H,3-5,8-9H2,1-2H3. The van der Waals surface area contributed by atoms with E-state index in [4.69, 9.17) is 4.42 Å². The van der Waals surface area contributed by atoms with Crippen molar-refractivity contribution in [2.24, 2.45) is 0 Å². The lowest BCUT2D eigenvalue weighted by Crippen LogP contribution is -2.37. The molecule has 126 valence electrons. The zero-order chi connectivity index (χ0) is 16.5. The quantitative estimate of drug-likeness (QED) is 0.771. The number of aromatic nitrogens is 4. The smallest absolute Gasteiger partial charge is 0.227 e. The molecule has 1 N–H and O–H groups in total. The lowest BCUT2D eigenvalue weighted by molar-refractivity contribution is 0.355. The van der Waals surface area contributed by atoms with Crippen molar-refractivity contribution in [2.45, 2.75) is 52.2 Å². The molecule has 0 aliphatic carbocycles. The van der Waals surface area contributed by atoms with Crippen LogP contribution in [0, 0.1) is 6.92 Å². The third-order valence-corrected chi connectivity index (χ3v) is 5.12. The molecule has 0 bridgehead atoms. The number of hydrogen-bond donors (Lipinski definition) is 1. The molecule has 1 unspecified atom stereocenters. The van der Waals surface area contributed by atoms with Crippen LogP contribution in [-0.2, 0) is 25.9 Å². The molecule has 0 aromatic carbocycles. The second-order valence-electron chi connectivity index (χ2n) is 6.13. The van der Waals surface area contributed by atoms with Gasteiger partial charge in [-0.05, 0) is 24.8 Å². The fourth-order valence-electron chi connectivity index (χ4n) is 3.02. The number of fused-ring (bicyclic) bond motifs is 1. The molecule has 4 heterocycles. The van der Waals surface area contributed by atoms with Crippen molar-refractivity contribution in [3.05, 3.63) is 39.9 Å². The van der Waals surface area contributed by atoms with E-state index in [1.54, 1.807) is 11.3 Å². The highest BCUT2D eigenvalue weighted by atomic mass is 32.1. The van der Waals surface area contributed by atoms with Crippen molar-refractivity contribution in [1.29, 1.82) is 0 Å². The SMILES string of the molecule is CCc1nc2n(n1)CC(NCc1nc(-c3ccsc3)oc1C)CC2. The highest BCUT2D eigenvalue weighted by Crippen LogP contribution is 2.24. The molecule has 1 atom stereocenters. The first-order chi connectivity index (χ1) is 11.7. The van der Waals surface area contributed by atoms with Gasteiger partial charge in [-0.2, -0.15) is 16.4 Å². The third-order valence-electron chi connectivity index (χ3n) is 4.44. The Hall–Kier alpha value is -1.99. The number of nitrogens with one attached hydrogen (secondary N) is 1. The van der Waals surface area contributed by atoms with E-state index in [1.807, 2.05) is 23.1 Å². The molecule has 0 saturated heterocycles. The molecule has 0 fully saturated rings. The van der Waals surface area contributed by atoms with E-state index in [2.05, 4.69) is 32.7 Å². The third kappa shape index (κ3) is 3.01. The zero-order valence-electron chi connectivity index (χ0n) is 14.0. The van der Waals surface area contributed by atoms with Crippen molar-refractivity contribution in [2.75, 3.05) is 0 Å². The molecule has 3 aromatic heterocycles. The molecule has 0 radical (unpaired) electrons. The first-order valence-electron chi connectivity index (χ1n) is 8.37. The molecule has 24 heavy (non-hydrogen) atoms. The average molecular weight is 343 g/mol. The second kappa shape index (κ2) is 6.49. The first-order valence-corrected chi connectivity index (χ1v) is 9.32. The van der Waals surface area contributed by atoms with Gasteiger partial charge in [0.2, 0.25) is 5.89 Å². The van der Waals surface area contributed by atoms with Crippen molar-refractivity contribution in [1.82, 2.24) is 25.1 Å². The molecule has 0 amide bonds. The maximum atomic E-state index is 5.80. The molecule has 7 heteroatoms. The molecule has 0 saturated carbocycles. The predicted molar refractivity (Wildman–Crippen MR) is 92.9 cm³/mol. The summed E-state index contributed by atoms with van der Waals surface area (Å²) in [7, 11) is 0. The highest BCUT2D eigenvalue weighted by molar-refractivity contribution is 7.08. The summed E-state index contributed by atoms with van der Waals surface area (Å²) >= 11 is 1.65. The Bertz CT molecular complexity index is 820. The van der Waals surface area contributed by atoms with E-state index >= 15 is 0 Å². The van der Waals surface area contributed by atoms with E-state index in [-0.39, 0.29) is 0 Å². The largest absolute Gasteiger partial charge is 0.441 e. The maximum Gasteiger partial charge on any atom is 0.227 e. The van der Waals surface area contributed by atoms with E-state index in [9.17, 15) is 0 Å². The van der Waals surface area contributed by atoms with Crippen LogP contribution in [0.15, 0.2) is 21.2 Å². The number of hydrogen-bond acceptors (Lipinski definition) is 6.